The van der Waals surface area contributed by atoms with E-state index in [1.54, 1.807) is 12.1 Å². The van der Waals surface area contributed by atoms with Gasteiger partial charge in [-0.2, -0.15) is 0 Å². The summed E-state index contributed by atoms with van der Waals surface area (Å²) in [5, 5.41) is 33.2. The number of aliphatic hydroxyl groups is 3. The minimum Gasteiger partial charge on any atom is -0.394 e. The van der Waals surface area contributed by atoms with Gasteiger partial charge in [-0.15, -0.1) is 0 Å². The number of hydrogen-bond donors (Lipinski definition) is 3. The van der Waals surface area contributed by atoms with Gasteiger partial charge in [-0.05, 0) is 49.5 Å². The standard InChI is InChI=1S/C32H48O4/c1-28(2,3)20-13-15-22(24(17-20)30(7,8)9)27(35)32(36,26(34)19-33)23-16-14-21(29(4,5)6)18-25(23)31(10,11)12/h13-18,26,33-34,36H,19H2,1-12H3. The predicted molar refractivity (Wildman–Crippen MR) is 149 cm³/mol. The molecule has 200 valence electrons. The molecule has 0 fully saturated rings. The number of carbonyl (C=O) groups excluding carboxylic acids is 1. The fraction of sp³-hybridized carbons (Fsp3) is 0.594. The fourth-order valence-electron chi connectivity index (χ4n) is 4.58. The van der Waals surface area contributed by atoms with Crippen LogP contribution in [0.1, 0.15) is 121 Å². The van der Waals surface area contributed by atoms with Crippen LogP contribution in [-0.2, 0) is 27.3 Å². The summed E-state index contributed by atoms with van der Waals surface area (Å²) in [5.74, 6) is -0.608. The lowest BCUT2D eigenvalue weighted by Gasteiger charge is -2.38. The summed E-state index contributed by atoms with van der Waals surface area (Å²) in [6, 6.07) is 11.4. The average molecular weight is 497 g/mol. The number of carbonyl (C=O) groups is 1. The minimum atomic E-state index is -2.32. The SMILES string of the molecule is CC(C)(C)c1ccc(C(=O)C(O)(c2ccc(C(C)(C)C)cc2C(C)(C)C)C(O)CO)c(C(C)(C)C)c1. The highest BCUT2D eigenvalue weighted by atomic mass is 16.4. The first-order chi connectivity index (χ1) is 16.1. The zero-order valence-corrected chi connectivity index (χ0v) is 24.5. The summed E-state index contributed by atoms with van der Waals surface area (Å²) in [6.45, 7) is 24.1. The molecule has 36 heavy (non-hydrogen) atoms. The van der Waals surface area contributed by atoms with E-state index >= 15 is 0 Å². The van der Waals surface area contributed by atoms with Gasteiger partial charge < -0.3 is 15.3 Å². The van der Waals surface area contributed by atoms with Crippen LogP contribution < -0.4 is 0 Å². The topological polar surface area (TPSA) is 77.8 Å². The predicted octanol–water partition coefficient (Wildman–Crippen LogP) is 6.30. The van der Waals surface area contributed by atoms with Gasteiger partial charge >= 0.3 is 0 Å². The molecule has 0 aliphatic rings. The van der Waals surface area contributed by atoms with Crippen molar-refractivity contribution < 1.29 is 20.1 Å². The van der Waals surface area contributed by atoms with E-state index in [0.717, 1.165) is 22.3 Å². The van der Waals surface area contributed by atoms with E-state index < -0.39 is 29.5 Å². The maximum Gasteiger partial charge on any atom is 0.202 e. The molecule has 0 heterocycles. The molecule has 2 aromatic rings. The van der Waals surface area contributed by atoms with Crippen LogP contribution in [0.25, 0.3) is 0 Å². The van der Waals surface area contributed by atoms with Crippen molar-refractivity contribution in [1.29, 1.82) is 0 Å². The summed E-state index contributed by atoms with van der Waals surface area (Å²) >= 11 is 0. The second kappa shape index (κ2) is 9.70. The Morgan fingerprint density at radius 3 is 1.47 bits per heavy atom. The lowest BCUT2D eigenvalue weighted by Crippen LogP contribution is -2.50. The molecule has 2 rings (SSSR count). The molecule has 2 unspecified atom stereocenters. The highest BCUT2D eigenvalue weighted by molar-refractivity contribution is 6.05. The molecule has 0 aliphatic heterocycles. The third-order valence-corrected chi connectivity index (χ3v) is 7.04. The fourth-order valence-corrected chi connectivity index (χ4v) is 4.58. The van der Waals surface area contributed by atoms with Gasteiger partial charge in [-0.1, -0.05) is 119 Å². The second-order valence-electron chi connectivity index (χ2n) is 14.3. The summed E-state index contributed by atoms with van der Waals surface area (Å²) in [7, 11) is 0. The molecule has 2 atom stereocenters. The lowest BCUT2D eigenvalue weighted by molar-refractivity contribution is -0.0755. The molecule has 4 heteroatoms. The Morgan fingerprint density at radius 1 is 0.667 bits per heavy atom. The molecule has 4 nitrogen and oxygen atoms in total. The third kappa shape index (κ3) is 5.93. The van der Waals surface area contributed by atoms with E-state index in [-0.39, 0.29) is 16.2 Å². The van der Waals surface area contributed by atoms with E-state index in [1.165, 1.54) is 0 Å². The molecule has 0 amide bonds. The normalized spacial score (nSPS) is 16.0. The summed E-state index contributed by atoms with van der Waals surface area (Å²) in [6.07, 6.45) is -1.69. The van der Waals surface area contributed by atoms with Gasteiger partial charge in [0.05, 0.1) is 6.61 Å². The van der Waals surface area contributed by atoms with Gasteiger partial charge in [0.25, 0.3) is 0 Å². The Bertz CT molecular complexity index is 1100. The average Bonchev–Trinajstić information content (AvgIpc) is 2.74. The molecule has 0 aromatic heterocycles. The first-order valence-corrected chi connectivity index (χ1v) is 12.9. The van der Waals surface area contributed by atoms with Crippen LogP contribution in [0.15, 0.2) is 36.4 Å². The van der Waals surface area contributed by atoms with Crippen molar-refractivity contribution in [1.82, 2.24) is 0 Å². The Balaban J connectivity index is 2.93. The number of rotatable bonds is 5. The molecular weight excluding hydrogens is 448 g/mol. The third-order valence-electron chi connectivity index (χ3n) is 7.04. The Morgan fingerprint density at radius 2 is 1.08 bits per heavy atom. The quantitative estimate of drug-likeness (QED) is 0.425. The number of hydrogen-bond acceptors (Lipinski definition) is 4. The summed E-state index contributed by atoms with van der Waals surface area (Å²) < 4.78 is 0. The van der Waals surface area contributed by atoms with Crippen molar-refractivity contribution in [3.05, 3.63) is 69.8 Å². The van der Waals surface area contributed by atoms with Gasteiger partial charge in [0.15, 0.2) is 5.60 Å². The zero-order chi connectivity index (χ0) is 28.1. The first-order valence-electron chi connectivity index (χ1n) is 12.9. The van der Waals surface area contributed by atoms with Crippen molar-refractivity contribution in [3.8, 4) is 0 Å². The molecule has 2 aromatic carbocycles. The smallest absolute Gasteiger partial charge is 0.202 e. The monoisotopic (exact) mass is 496 g/mol. The number of ketones is 1. The largest absolute Gasteiger partial charge is 0.394 e. The van der Waals surface area contributed by atoms with E-state index in [0.29, 0.717) is 11.1 Å². The van der Waals surface area contributed by atoms with Gasteiger partial charge in [0.1, 0.15) is 6.10 Å². The molecule has 0 spiro atoms. The van der Waals surface area contributed by atoms with Crippen LogP contribution in [0, 0.1) is 0 Å². The maximum atomic E-state index is 14.3. The lowest BCUT2D eigenvalue weighted by atomic mass is 9.69. The van der Waals surface area contributed by atoms with Crippen LogP contribution in [0.3, 0.4) is 0 Å². The number of Topliss-reactive ketones (excluding diaryl/α,β-unsaturated/α-hetero) is 1. The van der Waals surface area contributed by atoms with E-state index in [2.05, 4.69) is 41.5 Å². The zero-order valence-electron chi connectivity index (χ0n) is 24.5. The van der Waals surface area contributed by atoms with Crippen LogP contribution >= 0.6 is 0 Å². The van der Waals surface area contributed by atoms with Crippen LogP contribution in [0.5, 0.6) is 0 Å². The number of benzene rings is 2. The Kier molecular flexibility index (Phi) is 8.14. The van der Waals surface area contributed by atoms with Crippen molar-refractivity contribution in [3.63, 3.8) is 0 Å². The van der Waals surface area contributed by atoms with E-state index in [1.807, 2.05) is 65.8 Å². The summed E-state index contributed by atoms with van der Waals surface area (Å²) in [4.78, 5) is 14.3. The van der Waals surface area contributed by atoms with Crippen LogP contribution in [0.2, 0.25) is 0 Å². The van der Waals surface area contributed by atoms with Crippen molar-refractivity contribution in [2.24, 2.45) is 0 Å². The minimum absolute atomic E-state index is 0.120. The summed E-state index contributed by atoms with van der Waals surface area (Å²) in [5.41, 5.74) is 0.992. The Labute approximate surface area is 218 Å². The van der Waals surface area contributed by atoms with Crippen molar-refractivity contribution >= 4 is 5.78 Å². The molecule has 0 bridgehead atoms. The highest BCUT2D eigenvalue weighted by Gasteiger charge is 2.48. The molecule has 0 saturated carbocycles. The van der Waals surface area contributed by atoms with Gasteiger partial charge in [-0.25, -0.2) is 0 Å². The maximum absolute atomic E-state index is 14.3. The molecular formula is C32H48O4. The van der Waals surface area contributed by atoms with Gasteiger partial charge in [0.2, 0.25) is 5.78 Å². The number of aliphatic hydroxyl groups excluding tert-OH is 2. The van der Waals surface area contributed by atoms with Crippen molar-refractivity contribution in [2.75, 3.05) is 6.61 Å². The van der Waals surface area contributed by atoms with Crippen LogP contribution in [0.4, 0.5) is 0 Å². The van der Waals surface area contributed by atoms with E-state index in [4.69, 9.17) is 0 Å². The molecule has 0 aliphatic carbocycles. The first kappa shape index (κ1) is 30.2. The Hall–Kier alpha value is -2.01. The molecule has 3 N–H and O–H groups in total. The van der Waals surface area contributed by atoms with Crippen molar-refractivity contribution in [2.45, 2.75) is 116 Å². The van der Waals surface area contributed by atoms with Crippen LogP contribution in [-0.4, -0.2) is 33.8 Å². The highest BCUT2D eigenvalue weighted by Crippen LogP contribution is 2.41. The molecule has 0 radical (unpaired) electrons. The van der Waals surface area contributed by atoms with Gasteiger partial charge in [-0.3, -0.25) is 4.79 Å². The van der Waals surface area contributed by atoms with E-state index in [9.17, 15) is 20.1 Å². The molecule has 0 saturated heterocycles. The van der Waals surface area contributed by atoms with Gasteiger partial charge in [0, 0.05) is 5.56 Å². The second-order valence-corrected chi connectivity index (χ2v) is 14.3.